The molecular weight excluding hydrogens is 177 g/mol. The van der Waals surface area contributed by atoms with Crippen molar-refractivity contribution >= 4 is 0 Å². The number of halogens is 1. The highest BCUT2D eigenvalue weighted by Crippen LogP contribution is 2.19. The second kappa shape index (κ2) is 6.77. The molecule has 0 aromatic heterocycles. The topological polar surface area (TPSA) is 12.0 Å². The average Bonchev–Trinajstić information content (AvgIpc) is 2.25. The lowest BCUT2D eigenvalue weighted by Gasteiger charge is -2.22. The van der Waals surface area contributed by atoms with Crippen molar-refractivity contribution in [2.45, 2.75) is 32.1 Å². The van der Waals surface area contributed by atoms with Crippen LogP contribution in [0.15, 0.2) is 24.6 Å². The van der Waals surface area contributed by atoms with Gasteiger partial charge < -0.3 is 5.32 Å². The smallest absolute Gasteiger partial charge is 0.118 e. The summed E-state index contributed by atoms with van der Waals surface area (Å²) in [7, 11) is 0. The van der Waals surface area contributed by atoms with Crippen LogP contribution in [0, 0.1) is 5.92 Å². The lowest BCUT2D eigenvalue weighted by Crippen LogP contribution is -2.27. The van der Waals surface area contributed by atoms with Crippen molar-refractivity contribution in [1.29, 1.82) is 0 Å². The number of allylic oxidation sites excluding steroid dienone is 3. The lowest BCUT2D eigenvalue weighted by molar-refractivity contribution is 0.347. The van der Waals surface area contributed by atoms with Gasteiger partial charge in [-0.25, -0.2) is 4.39 Å². The van der Waals surface area contributed by atoms with Gasteiger partial charge in [0.1, 0.15) is 5.83 Å². The maximum absolute atomic E-state index is 12.6. The summed E-state index contributed by atoms with van der Waals surface area (Å²) in [4.78, 5) is 0. The summed E-state index contributed by atoms with van der Waals surface area (Å²) in [5, 5.41) is 3.35. The Hall–Kier alpha value is -0.630. The molecular formula is C12H20FN. The highest BCUT2D eigenvalue weighted by Gasteiger charge is 2.11. The maximum atomic E-state index is 12.6. The summed E-state index contributed by atoms with van der Waals surface area (Å²) >= 11 is 0. The van der Waals surface area contributed by atoms with E-state index in [1.165, 1.54) is 25.3 Å². The van der Waals surface area contributed by atoms with Gasteiger partial charge >= 0.3 is 0 Å². The van der Waals surface area contributed by atoms with Crippen LogP contribution in [0.3, 0.4) is 0 Å². The molecule has 2 heteroatoms. The normalized spacial score (nSPS) is 19.6. The molecule has 14 heavy (non-hydrogen) atoms. The van der Waals surface area contributed by atoms with Crippen molar-refractivity contribution in [3.8, 4) is 0 Å². The number of rotatable bonds is 5. The molecule has 0 atom stereocenters. The van der Waals surface area contributed by atoms with E-state index in [9.17, 15) is 4.39 Å². The Bertz CT molecular complexity index is 192. The second-order valence-electron chi connectivity index (χ2n) is 3.92. The summed E-state index contributed by atoms with van der Waals surface area (Å²) in [5.41, 5.74) is 0. The minimum atomic E-state index is -0.185. The largest absolute Gasteiger partial charge is 0.317 e. The molecule has 0 saturated carbocycles. The Labute approximate surface area is 86.1 Å². The third kappa shape index (κ3) is 4.56. The fraction of sp³-hybridized carbons (Fsp3) is 0.667. The number of piperidine rings is 1. The van der Waals surface area contributed by atoms with Gasteiger partial charge in [-0.05, 0) is 56.8 Å². The number of unbranched alkanes of at least 4 members (excludes halogenated alkanes) is 1. The highest BCUT2D eigenvalue weighted by molar-refractivity contribution is 5.06. The summed E-state index contributed by atoms with van der Waals surface area (Å²) in [6, 6.07) is 0. The Morgan fingerprint density at radius 3 is 2.79 bits per heavy atom. The molecule has 0 amide bonds. The molecule has 1 fully saturated rings. The minimum absolute atomic E-state index is 0.185. The van der Waals surface area contributed by atoms with Crippen LogP contribution in [0.25, 0.3) is 0 Å². The Morgan fingerprint density at radius 1 is 1.43 bits per heavy atom. The average molecular weight is 197 g/mol. The van der Waals surface area contributed by atoms with E-state index in [1.807, 2.05) is 0 Å². The van der Waals surface area contributed by atoms with Crippen molar-refractivity contribution in [2.75, 3.05) is 13.1 Å². The van der Waals surface area contributed by atoms with Crippen LogP contribution in [-0.4, -0.2) is 13.1 Å². The lowest BCUT2D eigenvalue weighted by atomic mass is 9.92. The number of hydrogen-bond donors (Lipinski definition) is 1. The number of hydrogen-bond acceptors (Lipinski definition) is 1. The van der Waals surface area contributed by atoms with E-state index in [2.05, 4.69) is 11.9 Å². The van der Waals surface area contributed by atoms with E-state index < -0.39 is 0 Å². The molecule has 0 spiro atoms. The first-order chi connectivity index (χ1) is 6.83. The van der Waals surface area contributed by atoms with Crippen LogP contribution in [0.4, 0.5) is 4.39 Å². The van der Waals surface area contributed by atoms with Crippen LogP contribution < -0.4 is 5.32 Å². The molecule has 1 heterocycles. The van der Waals surface area contributed by atoms with Crippen molar-refractivity contribution < 1.29 is 4.39 Å². The van der Waals surface area contributed by atoms with Gasteiger partial charge in [-0.1, -0.05) is 13.0 Å². The van der Waals surface area contributed by atoms with Crippen molar-refractivity contribution in [2.24, 2.45) is 5.92 Å². The molecule has 1 rings (SSSR count). The van der Waals surface area contributed by atoms with Crippen LogP contribution in [0.2, 0.25) is 0 Å². The van der Waals surface area contributed by atoms with E-state index >= 15 is 0 Å². The van der Waals surface area contributed by atoms with Crippen molar-refractivity contribution in [3.63, 3.8) is 0 Å². The first-order valence-corrected chi connectivity index (χ1v) is 5.51. The van der Waals surface area contributed by atoms with Gasteiger partial charge in [0, 0.05) is 0 Å². The first kappa shape index (κ1) is 11.4. The standard InChI is InChI=1S/C12H20FN/c1-2-12(13)6-4-3-5-11-7-9-14-10-8-11/h2,6,11,14H,1,3-5,7-10H2/b12-6+. The predicted molar refractivity (Wildman–Crippen MR) is 58.8 cm³/mol. The first-order valence-electron chi connectivity index (χ1n) is 5.51. The molecule has 1 saturated heterocycles. The third-order valence-electron chi connectivity index (χ3n) is 2.81. The Balaban J connectivity index is 2.05. The second-order valence-corrected chi connectivity index (χ2v) is 3.92. The Kier molecular flexibility index (Phi) is 5.53. The molecule has 80 valence electrons. The van der Waals surface area contributed by atoms with Crippen LogP contribution in [0.5, 0.6) is 0 Å². The van der Waals surface area contributed by atoms with E-state index in [0.29, 0.717) is 0 Å². The van der Waals surface area contributed by atoms with E-state index in [1.54, 1.807) is 6.08 Å². The van der Waals surface area contributed by atoms with E-state index in [-0.39, 0.29) is 5.83 Å². The Morgan fingerprint density at radius 2 is 2.14 bits per heavy atom. The molecule has 1 nitrogen and oxygen atoms in total. The van der Waals surface area contributed by atoms with Crippen LogP contribution >= 0.6 is 0 Å². The summed E-state index contributed by atoms with van der Waals surface area (Å²) < 4.78 is 12.6. The van der Waals surface area contributed by atoms with Gasteiger partial charge in [-0.2, -0.15) is 0 Å². The zero-order chi connectivity index (χ0) is 10.2. The third-order valence-corrected chi connectivity index (χ3v) is 2.81. The summed E-state index contributed by atoms with van der Waals surface area (Å²) in [6.07, 6.45) is 8.66. The predicted octanol–water partition coefficient (Wildman–Crippen LogP) is 3.20. The van der Waals surface area contributed by atoms with Crippen LogP contribution in [0.1, 0.15) is 32.1 Å². The molecule has 1 N–H and O–H groups in total. The molecule has 0 unspecified atom stereocenters. The summed E-state index contributed by atoms with van der Waals surface area (Å²) in [6.45, 7) is 5.69. The molecule has 0 aromatic rings. The zero-order valence-electron chi connectivity index (χ0n) is 8.77. The van der Waals surface area contributed by atoms with Crippen molar-refractivity contribution in [3.05, 3.63) is 24.6 Å². The monoisotopic (exact) mass is 197 g/mol. The molecule has 1 aliphatic rings. The molecule has 0 radical (unpaired) electrons. The zero-order valence-corrected chi connectivity index (χ0v) is 8.77. The van der Waals surface area contributed by atoms with Gasteiger partial charge in [0.05, 0.1) is 0 Å². The van der Waals surface area contributed by atoms with Gasteiger partial charge in [-0.15, -0.1) is 0 Å². The van der Waals surface area contributed by atoms with Gasteiger partial charge in [0.25, 0.3) is 0 Å². The SMILES string of the molecule is C=C/C(F)=C\CCCC1CCNCC1. The molecule has 0 aliphatic carbocycles. The van der Waals surface area contributed by atoms with E-state index in [4.69, 9.17) is 0 Å². The molecule has 0 bridgehead atoms. The quantitative estimate of drug-likeness (QED) is 0.527. The summed E-state index contributed by atoms with van der Waals surface area (Å²) in [5.74, 6) is 0.673. The molecule has 1 aliphatic heterocycles. The minimum Gasteiger partial charge on any atom is -0.317 e. The van der Waals surface area contributed by atoms with Crippen molar-refractivity contribution in [1.82, 2.24) is 5.32 Å². The van der Waals surface area contributed by atoms with Gasteiger partial charge in [0.2, 0.25) is 0 Å². The highest BCUT2D eigenvalue weighted by atomic mass is 19.1. The van der Waals surface area contributed by atoms with Gasteiger partial charge in [-0.3, -0.25) is 0 Å². The van der Waals surface area contributed by atoms with Gasteiger partial charge in [0.15, 0.2) is 0 Å². The molecule has 0 aromatic carbocycles. The maximum Gasteiger partial charge on any atom is 0.118 e. The van der Waals surface area contributed by atoms with Crippen LogP contribution in [-0.2, 0) is 0 Å². The fourth-order valence-corrected chi connectivity index (χ4v) is 1.90. The number of nitrogens with one attached hydrogen (secondary N) is 1. The van der Waals surface area contributed by atoms with E-state index in [0.717, 1.165) is 31.8 Å². The fourth-order valence-electron chi connectivity index (χ4n) is 1.90.